The van der Waals surface area contributed by atoms with Gasteiger partial charge in [0.1, 0.15) is 0 Å². The first-order valence-electron chi connectivity index (χ1n) is 8.54. The number of aliphatic hydroxyl groups is 1. The predicted octanol–water partition coefficient (Wildman–Crippen LogP) is 2.87. The molecule has 1 aliphatic heterocycles. The van der Waals surface area contributed by atoms with E-state index in [1.54, 1.807) is 25.7 Å². The lowest BCUT2D eigenvalue weighted by Crippen LogP contribution is -2.37. The minimum atomic E-state index is -0.677. The first kappa shape index (κ1) is 19.2. The number of carbonyl (C=O) groups excluding carboxylic acids is 2. The summed E-state index contributed by atoms with van der Waals surface area (Å²) in [6.07, 6.45) is 0. The Bertz CT molecular complexity index is 714. The number of Topliss-reactive ketones (excluding diaryl/α,β-unsaturated/α-hetero) is 1. The Morgan fingerprint density at radius 1 is 1.28 bits per heavy atom. The van der Waals surface area contributed by atoms with Crippen LogP contribution in [0.1, 0.15) is 37.9 Å². The molecular formula is C20H28N2O3. The van der Waals surface area contributed by atoms with Crippen LogP contribution >= 0.6 is 0 Å². The fourth-order valence-corrected chi connectivity index (χ4v) is 3.01. The van der Waals surface area contributed by atoms with Gasteiger partial charge in [0.15, 0.2) is 11.5 Å². The highest BCUT2D eigenvalue weighted by Crippen LogP contribution is 2.40. The summed E-state index contributed by atoms with van der Waals surface area (Å²) in [5, 5.41) is 10.5. The highest BCUT2D eigenvalue weighted by Gasteiger charge is 2.45. The van der Waals surface area contributed by atoms with E-state index in [2.05, 4.69) is 0 Å². The fraction of sp³-hybridized carbons (Fsp3) is 0.500. The van der Waals surface area contributed by atoms with Crippen molar-refractivity contribution in [2.45, 2.75) is 33.7 Å². The molecule has 1 aromatic carbocycles. The zero-order valence-corrected chi connectivity index (χ0v) is 16.0. The second-order valence-corrected chi connectivity index (χ2v) is 7.96. The molecule has 1 unspecified atom stereocenters. The van der Waals surface area contributed by atoms with Crippen LogP contribution in [0.25, 0.3) is 0 Å². The topological polar surface area (TPSA) is 60.9 Å². The Labute approximate surface area is 149 Å². The van der Waals surface area contributed by atoms with E-state index in [1.807, 2.05) is 50.2 Å². The van der Waals surface area contributed by atoms with Gasteiger partial charge in [-0.15, -0.1) is 0 Å². The van der Waals surface area contributed by atoms with E-state index < -0.39 is 23.1 Å². The van der Waals surface area contributed by atoms with E-state index in [0.29, 0.717) is 13.1 Å². The van der Waals surface area contributed by atoms with Gasteiger partial charge < -0.3 is 14.9 Å². The standard InChI is InChI=1S/C20H28N2O3/c1-13-8-7-9-14(12-13)16-15(18(24)20(2,3)4)17(23)19(25)22(16)11-10-21(5)6/h7-9,12,16,23H,10-11H2,1-6H3. The van der Waals surface area contributed by atoms with Gasteiger partial charge in [-0.25, -0.2) is 0 Å². The summed E-state index contributed by atoms with van der Waals surface area (Å²) in [5.41, 5.74) is 1.43. The van der Waals surface area contributed by atoms with Crippen LogP contribution in [0.5, 0.6) is 0 Å². The molecule has 25 heavy (non-hydrogen) atoms. The van der Waals surface area contributed by atoms with Crippen LogP contribution in [0, 0.1) is 12.3 Å². The molecule has 5 heteroatoms. The minimum Gasteiger partial charge on any atom is -0.503 e. The Kier molecular flexibility index (Phi) is 5.37. The van der Waals surface area contributed by atoms with Gasteiger partial charge >= 0.3 is 0 Å². The third-order valence-electron chi connectivity index (χ3n) is 4.38. The Hall–Kier alpha value is -2.14. The molecular weight excluding hydrogens is 316 g/mol. The number of likely N-dealkylation sites (N-methyl/N-ethyl adjacent to an activating group) is 1. The molecule has 5 nitrogen and oxygen atoms in total. The second-order valence-electron chi connectivity index (χ2n) is 7.96. The largest absolute Gasteiger partial charge is 0.503 e. The molecule has 1 atom stereocenters. The SMILES string of the molecule is Cc1cccc(C2C(C(=O)C(C)(C)C)=C(O)C(=O)N2CCN(C)C)c1. The van der Waals surface area contributed by atoms with Gasteiger partial charge in [0.25, 0.3) is 5.91 Å². The number of ketones is 1. The number of amides is 1. The van der Waals surface area contributed by atoms with Crippen LogP contribution in [-0.2, 0) is 9.59 Å². The first-order chi connectivity index (χ1) is 11.5. The average molecular weight is 344 g/mol. The molecule has 0 bridgehead atoms. The zero-order chi connectivity index (χ0) is 18.9. The normalized spacial score (nSPS) is 18.4. The number of rotatable bonds is 5. The third kappa shape index (κ3) is 3.93. The van der Waals surface area contributed by atoms with Crippen molar-refractivity contribution in [2.75, 3.05) is 27.2 Å². The minimum absolute atomic E-state index is 0.197. The molecule has 1 N–H and O–H groups in total. The predicted molar refractivity (Wildman–Crippen MR) is 98.3 cm³/mol. The molecule has 0 aliphatic carbocycles. The molecule has 1 amide bonds. The molecule has 0 saturated heterocycles. The highest BCUT2D eigenvalue weighted by atomic mass is 16.3. The Morgan fingerprint density at radius 2 is 1.92 bits per heavy atom. The quantitative estimate of drug-likeness (QED) is 0.892. The Morgan fingerprint density at radius 3 is 2.44 bits per heavy atom. The molecule has 0 saturated carbocycles. The summed E-state index contributed by atoms with van der Waals surface area (Å²) >= 11 is 0. The van der Waals surface area contributed by atoms with E-state index in [9.17, 15) is 14.7 Å². The summed E-state index contributed by atoms with van der Waals surface area (Å²) < 4.78 is 0. The van der Waals surface area contributed by atoms with Gasteiger partial charge in [-0.3, -0.25) is 9.59 Å². The number of hydrogen-bond acceptors (Lipinski definition) is 4. The monoisotopic (exact) mass is 344 g/mol. The molecule has 0 aromatic heterocycles. The van der Waals surface area contributed by atoms with Crippen LogP contribution in [0.3, 0.4) is 0 Å². The van der Waals surface area contributed by atoms with Crippen molar-refractivity contribution in [3.63, 3.8) is 0 Å². The van der Waals surface area contributed by atoms with Gasteiger partial charge in [0, 0.05) is 18.5 Å². The number of hydrogen-bond donors (Lipinski definition) is 1. The van der Waals surface area contributed by atoms with E-state index in [-0.39, 0.29) is 11.4 Å². The van der Waals surface area contributed by atoms with Crippen LogP contribution in [0.2, 0.25) is 0 Å². The van der Waals surface area contributed by atoms with Gasteiger partial charge in [-0.1, -0.05) is 50.6 Å². The molecule has 0 fully saturated rings. The molecule has 0 spiro atoms. The average Bonchev–Trinajstić information content (AvgIpc) is 2.75. The highest BCUT2D eigenvalue weighted by molar-refractivity contribution is 6.10. The lowest BCUT2D eigenvalue weighted by molar-refractivity contribution is -0.129. The summed E-state index contributed by atoms with van der Waals surface area (Å²) in [7, 11) is 3.85. The van der Waals surface area contributed by atoms with Gasteiger partial charge in [-0.2, -0.15) is 0 Å². The maximum absolute atomic E-state index is 13.0. The van der Waals surface area contributed by atoms with Crippen LogP contribution in [0.15, 0.2) is 35.6 Å². The van der Waals surface area contributed by atoms with Crippen molar-refractivity contribution in [3.8, 4) is 0 Å². The van der Waals surface area contributed by atoms with Crippen molar-refractivity contribution in [3.05, 3.63) is 46.7 Å². The van der Waals surface area contributed by atoms with Gasteiger partial charge in [-0.05, 0) is 26.6 Å². The van der Waals surface area contributed by atoms with Crippen LogP contribution in [0.4, 0.5) is 0 Å². The number of nitrogens with zero attached hydrogens (tertiary/aromatic N) is 2. The number of aryl methyl sites for hydroxylation is 1. The van der Waals surface area contributed by atoms with Crippen molar-refractivity contribution in [1.29, 1.82) is 0 Å². The molecule has 0 radical (unpaired) electrons. The lowest BCUT2D eigenvalue weighted by Gasteiger charge is -2.29. The van der Waals surface area contributed by atoms with E-state index in [1.165, 1.54) is 0 Å². The zero-order valence-electron chi connectivity index (χ0n) is 16.0. The van der Waals surface area contributed by atoms with Crippen molar-refractivity contribution in [1.82, 2.24) is 9.80 Å². The van der Waals surface area contributed by atoms with E-state index in [4.69, 9.17) is 0 Å². The Balaban J connectivity index is 2.54. The summed E-state index contributed by atoms with van der Waals surface area (Å²) in [6.45, 7) is 8.47. The number of carbonyl (C=O) groups is 2. The van der Waals surface area contributed by atoms with Gasteiger partial charge in [0.05, 0.1) is 11.6 Å². The van der Waals surface area contributed by atoms with Crippen molar-refractivity contribution in [2.24, 2.45) is 5.41 Å². The molecule has 136 valence electrons. The van der Waals surface area contributed by atoms with E-state index >= 15 is 0 Å². The fourth-order valence-electron chi connectivity index (χ4n) is 3.01. The molecule has 2 rings (SSSR count). The van der Waals surface area contributed by atoms with Gasteiger partial charge in [0.2, 0.25) is 0 Å². The number of benzene rings is 1. The van der Waals surface area contributed by atoms with Crippen molar-refractivity contribution >= 4 is 11.7 Å². The summed E-state index contributed by atoms with van der Waals surface area (Å²) in [4.78, 5) is 29.2. The summed E-state index contributed by atoms with van der Waals surface area (Å²) in [6, 6.07) is 7.21. The van der Waals surface area contributed by atoms with E-state index in [0.717, 1.165) is 11.1 Å². The molecule has 1 aromatic rings. The third-order valence-corrected chi connectivity index (χ3v) is 4.38. The lowest BCUT2D eigenvalue weighted by atomic mass is 9.82. The van der Waals surface area contributed by atoms with Crippen LogP contribution in [-0.4, -0.2) is 53.8 Å². The first-order valence-corrected chi connectivity index (χ1v) is 8.54. The maximum atomic E-state index is 13.0. The number of aliphatic hydroxyl groups excluding tert-OH is 1. The maximum Gasteiger partial charge on any atom is 0.290 e. The smallest absolute Gasteiger partial charge is 0.290 e. The summed E-state index contributed by atoms with van der Waals surface area (Å²) in [5.74, 6) is -1.08. The molecule has 1 aliphatic rings. The molecule has 1 heterocycles. The second kappa shape index (κ2) is 7.00. The van der Waals surface area contributed by atoms with Crippen LogP contribution < -0.4 is 0 Å². The van der Waals surface area contributed by atoms with Crippen molar-refractivity contribution < 1.29 is 14.7 Å².